The predicted octanol–water partition coefficient (Wildman–Crippen LogP) is 2.43. The Labute approximate surface area is 154 Å². The standard InChI is InChI=1S/C18H29N5O3/c1-3-5-6-9-19-17(24)15-12-16(21-13-20-15)22-14-7-10-23(11-8-14)18(25)26-4-2/h12-14H,3-11H2,1-2H3,(H,19,24)(H,20,21,22). The lowest BCUT2D eigenvalue weighted by atomic mass is 10.1. The molecular formula is C18H29N5O3. The maximum absolute atomic E-state index is 12.1. The summed E-state index contributed by atoms with van der Waals surface area (Å²) in [6.07, 6.45) is 5.94. The van der Waals surface area contributed by atoms with E-state index in [2.05, 4.69) is 27.5 Å². The molecule has 0 aliphatic carbocycles. The van der Waals surface area contributed by atoms with Crippen molar-refractivity contribution in [2.75, 3.05) is 31.6 Å². The summed E-state index contributed by atoms with van der Waals surface area (Å²) >= 11 is 0. The maximum atomic E-state index is 12.1. The Morgan fingerprint density at radius 3 is 2.69 bits per heavy atom. The molecule has 0 radical (unpaired) electrons. The fourth-order valence-electron chi connectivity index (χ4n) is 2.86. The lowest BCUT2D eigenvalue weighted by molar-refractivity contribution is 0.0945. The summed E-state index contributed by atoms with van der Waals surface area (Å²) in [6, 6.07) is 1.88. The Morgan fingerprint density at radius 1 is 1.23 bits per heavy atom. The number of ether oxygens (including phenoxy) is 1. The van der Waals surface area contributed by atoms with Gasteiger partial charge in [-0.3, -0.25) is 4.79 Å². The summed E-state index contributed by atoms with van der Waals surface area (Å²) in [6.45, 7) is 6.27. The van der Waals surface area contributed by atoms with E-state index in [1.54, 1.807) is 17.9 Å². The molecule has 1 saturated heterocycles. The van der Waals surface area contributed by atoms with Gasteiger partial charge < -0.3 is 20.3 Å². The number of hydrogen-bond donors (Lipinski definition) is 2. The third-order valence-electron chi connectivity index (χ3n) is 4.34. The van der Waals surface area contributed by atoms with E-state index in [1.807, 2.05) is 0 Å². The number of rotatable bonds is 8. The quantitative estimate of drug-likeness (QED) is 0.689. The number of unbranched alkanes of at least 4 members (excludes halogenated alkanes) is 2. The molecule has 0 spiro atoms. The van der Waals surface area contributed by atoms with Crippen LogP contribution >= 0.6 is 0 Å². The smallest absolute Gasteiger partial charge is 0.409 e. The minimum absolute atomic E-state index is 0.177. The Morgan fingerprint density at radius 2 is 2.00 bits per heavy atom. The number of hydrogen-bond acceptors (Lipinski definition) is 6. The van der Waals surface area contributed by atoms with Crippen LogP contribution in [0.2, 0.25) is 0 Å². The van der Waals surface area contributed by atoms with Gasteiger partial charge in [0, 0.05) is 31.7 Å². The minimum atomic E-state index is -0.255. The van der Waals surface area contributed by atoms with Crippen LogP contribution in [-0.2, 0) is 4.74 Å². The molecule has 2 amide bonds. The Balaban J connectivity index is 1.81. The van der Waals surface area contributed by atoms with Crippen molar-refractivity contribution in [3.8, 4) is 0 Å². The van der Waals surface area contributed by atoms with Gasteiger partial charge in [-0.25, -0.2) is 14.8 Å². The molecule has 1 fully saturated rings. The highest BCUT2D eigenvalue weighted by Gasteiger charge is 2.23. The number of carbonyl (C=O) groups is 2. The van der Waals surface area contributed by atoms with Gasteiger partial charge in [0.15, 0.2) is 0 Å². The van der Waals surface area contributed by atoms with Crippen molar-refractivity contribution in [1.82, 2.24) is 20.2 Å². The number of nitrogens with one attached hydrogen (secondary N) is 2. The fraction of sp³-hybridized carbons (Fsp3) is 0.667. The molecule has 1 aliphatic heterocycles. The van der Waals surface area contributed by atoms with E-state index in [0.717, 1.165) is 32.1 Å². The van der Waals surface area contributed by atoms with Crippen LogP contribution < -0.4 is 10.6 Å². The van der Waals surface area contributed by atoms with Crippen LogP contribution in [0.1, 0.15) is 56.4 Å². The molecule has 1 aliphatic rings. The highest BCUT2D eigenvalue weighted by atomic mass is 16.6. The first-order chi connectivity index (χ1) is 12.6. The van der Waals surface area contributed by atoms with E-state index in [1.165, 1.54) is 6.33 Å². The highest BCUT2D eigenvalue weighted by Crippen LogP contribution is 2.16. The summed E-state index contributed by atoms with van der Waals surface area (Å²) in [4.78, 5) is 33.8. The third kappa shape index (κ3) is 6.16. The molecule has 2 rings (SSSR count). The highest BCUT2D eigenvalue weighted by molar-refractivity contribution is 5.92. The molecule has 1 aromatic heterocycles. The number of anilines is 1. The van der Waals surface area contributed by atoms with Crippen LogP contribution in [0.3, 0.4) is 0 Å². The Kier molecular flexibility index (Phi) is 8.11. The van der Waals surface area contributed by atoms with Crippen molar-refractivity contribution in [2.45, 2.75) is 52.0 Å². The van der Waals surface area contributed by atoms with Crippen molar-refractivity contribution in [3.63, 3.8) is 0 Å². The third-order valence-corrected chi connectivity index (χ3v) is 4.34. The molecule has 1 aromatic rings. The Bertz CT molecular complexity index is 588. The fourth-order valence-corrected chi connectivity index (χ4v) is 2.86. The van der Waals surface area contributed by atoms with E-state index >= 15 is 0 Å². The van der Waals surface area contributed by atoms with Crippen molar-refractivity contribution in [1.29, 1.82) is 0 Å². The summed E-state index contributed by atoms with van der Waals surface area (Å²) < 4.78 is 5.03. The maximum Gasteiger partial charge on any atom is 0.409 e. The molecule has 8 heteroatoms. The van der Waals surface area contributed by atoms with Crippen LogP contribution in [0.25, 0.3) is 0 Å². The van der Waals surface area contributed by atoms with Crippen molar-refractivity contribution >= 4 is 17.8 Å². The van der Waals surface area contributed by atoms with Crippen LogP contribution in [0, 0.1) is 0 Å². The second-order valence-electron chi connectivity index (χ2n) is 6.36. The van der Waals surface area contributed by atoms with E-state index in [4.69, 9.17) is 4.74 Å². The number of carbonyl (C=O) groups excluding carboxylic acids is 2. The van der Waals surface area contributed by atoms with E-state index in [9.17, 15) is 9.59 Å². The van der Waals surface area contributed by atoms with E-state index in [-0.39, 0.29) is 18.0 Å². The zero-order valence-corrected chi connectivity index (χ0v) is 15.7. The second-order valence-corrected chi connectivity index (χ2v) is 6.36. The SMILES string of the molecule is CCCCCNC(=O)c1cc(NC2CCN(C(=O)OCC)CC2)ncn1. The summed E-state index contributed by atoms with van der Waals surface area (Å²) in [5.41, 5.74) is 0.364. The topological polar surface area (TPSA) is 96.5 Å². The van der Waals surface area contributed by atoms with Gasteiger partial charge in [-0.1, -0.05) is 19.8 Å². The molecule has 0 aromatic carbocycles. The normalized spacial score (nSPS) is 14.8. The summed E-state index contributed by atoms with van der Waals surface area (Å²) in [7, 11) is 0. The number of piperidine rings is 1. The van der Waals surface area contributed by atoms with Crippen LogP contribution in [0.5, 0.6) is 0 Å². The van der Waals surface area contributed by atoms with Crippen LogP contribution in [0.4, 0.5) is 10.6 Å². The average molecular weight is 363 g/mol. The monoisotopic (exact) mass is 363 g/mol. The largest absolute Gasteiger partial charge is 0.450 e. The van der Waals surface area contributed by atoms with E-state index < -0.39 is 0 Å². The van der Waals surface area contributed by atoms with Gasteiger partial charge in [0.25, 0.3) is 5.91 Å². The number of nitrogens with zero attached hydrogens (tertiary/aromatic N) is 3. The van der Waals surface area contributed by atoms with Crippen molar-refractivity contribution in [3.05, 3.63) is 18.1 Å². The number of likely N-dealkylation sites (tertiary alicyclic amines) is 1. The first kappa shape index (κ1) is 19.9. The van der Waals surface area contributed by atoms with Gasteiger partial charge in [0.2, 0.25) is 0 Å². The van der Waals surface area contributed by atoms with Gasteiger partial charge in [-0.15, -0.1) is 0 Å². The Hall–Kier alpha value is -2.38. The number of amides is 2. The molecule has 0 bridgehead atoms. The molecule has 2 heterocycles. The zero-order chi connectivity index (χ0) is 18.8. The molecule has 0 saturated carbocycles. The van der Waals surface area contributed by atoms with Gasteiger partial charge in [0.1, 0.15) is 17.8 Å². The molecule has 0 atom stereocenters. The van der Waals surface area contributed by atoms with Gasteiger partial charge in [-0.05, 0) is 26.2 Å². The van der Waals surface area contributed by atoms with Crippen molar-refractivity contribution < 1.29 is 14.3 Å². The van der Waals surface area contributed by atoms with Gasteiger partial charge in [-0.2, -0.15) is 0 Å². The average Bonchev–Trinajstić information content (AvgIpc) is 2.66. The van der Waals surface area contributed by atoms with Gasteiger partial charge in [0.05, 0.1) is 6.61 Å². The van der Waals surface area contributed by atoms with E-state index in [0.29, 0.717) is 37.8 Å². The molecule has 2 N–H and O–H groups in total. The summed E-state index contributed by atoms with van der Waals surface area (Å²) in [5, 5.41) is 6.21. The lowest BCUT2D eigenvalue weighted by Crippen LogP contribution is -2.42. The molecule has 144 valence electrons. The summed E-state index contributed by atoms with van der Waals surface area (Å²) in [5.74, 6) is 0.456. The second kappa shape index (κ2) is 10.6. The molecular weight excluding hydrogens is 334 g/mol. The zero-order valence-electron chi connectivity index (χ0n) is 15.7. The molecule has 8 nitrogen and oxygen atoms in total. The lowest BCUT2D eigenvalue weighted by Gasteiger charge is -2.31. The predicted molar refractivity (Wildman–Crippen MR) is 99.1 cm³/mol. The molecule has 26 heavy (non-hydrogen) atoms. The van der Waals surface area contributed by atoms with Gasteiger partial charge >= 0.3 is 6.09 Å². The molecule has 0 unspecified atom stereocenters. The first-order valence-corrected chi connectivity index (χ1v) is 9.42. The minimum Gasteiger partial charge on any atom is -0.450 e. The van der Waals surface area contributed by atoms with Crippen LogP contribution in [0.15, 0.2) is 12.4 Å². The van der Waals surface area contributed by atoms with Crippen LogP contribution in [-0.4, -0.2) is 59.2 Å². The van der Waals surface area contributed by atoms with Crippen molar-refractivity contribution in [2.24, 2.45) is 0 Å². The first-order valence-electron chi connectivity index (χ1n) is 9.42. The number of aromatic nitrogens is 2.